The highest BCUT2D eigenvalue weighted by Crippen LogP contribution is 2.38. The largest absolute Gasteiger partial charge is 0.271 e. The molecule has 0 saturated heterocycles. The number of rotatable bonds is 3. The zero-order valence-electron chi connectivity index (χ0n) is 10.3. The summed E-state index contributed by atoms with van der Waals surface area (Å²) in [5.74, 6) is 6.49. The lowest BCUT2D eigenvalue weighted by Crippen LogP contribution is -2.33. The van der Waals surface area contributed by atoms with Crippen molar-refractivity contribution in [1.29, 1.82) is 0 Å². The summed E-state index contributed by atoms with van der Waals surface area (Å²) in [6.07, 6.45) is 8.11. The molecule has 0 radical (unpaired) electrons. The van der Waals surface area contributed by atoms with Crippen molar-refractivity contribution in [3.63, 3.8) is 0 Å². The van der Waals surface area contributed by atoms with Crippen molar-refractivity contribution in [2.24, 2.45) is 11.8 Å². The smallest absolute Gasteiger partial charge is 0.0731 e. The Bertz CT molecular complexity index is 337. The Morgan fingerprint density at radius 2 is 2.00 bits per heavy atom. The third kappa shape index (κ3) is 3.31. The fourth-order valence-corrected chi connectivity index (χ4v) is 4.46. The normalized spacial score (nSPS) is 20.2. The fraction of sp³-hybridized carbons (Fsp3) is 0.692. The Kier molecular flexibility index (Phi) is 5.03. The van der Waals surface area contributed by atoms with Crippen molar-refractivity contribution >= 4 is 27.3 Å². The van der Waals surface area contributed by atoms with E-state index >= 15 is 0 Å². The second-order valence-corrected chi connectivity index (χ2v) is 7.40. The minimum atomic E-state index is 0.336. The maximum atomic E-state index is 5.79. The van der Waals surface area contributed by atoms with Gasteiger partial charge in [0.1, 0.15) is 0 Å². The molecule has 2 rings (SSSR count). The van der Waals surface area contributed by atoms with Gasteiger partial charge in [0.15, 0.2) is 0 Å². The molecular weight excluding hydrogens is 296 g/mol. The van der Waals surface area contributed by atoms with Crippen molar-refractivity contribution in [3.8, 4) is 0 Å². The summed E-state index contributed by atoms with van der Waals surface area (Å²) < 4.78 is 1.24. The first-order valence-corrected chi connectivity index (χ1v) is 8.05. The SMILES string of the molecule is Cc1cc(C(NN)C2CCCCCC2)sc1Br. The molecule has 1 fully saturated rings. The predicted octanol–water partition coefficient (Wildman–Crippen LogP) is 4.29. The monoisotopic (exact) mass is 316 g/mol. The summed E-state index contributed by atoms with van der Waals surface area (Å²) >= 11 is 5.42. The molecule has 0 bridgehead atoms. The van der Waals surface area contributed by atoms with Crippen molar-refractivity contribution in [2.45, 2.75) is 51.5 Å². The third-order valence-electron chi connectivity index (χ3n) is 3.73. The van der Waals surface area contributed by atoms with E-state index in [1.807, 2.05) is 11.3 Å². The summed E-state index contributed by atoms with van der Waals surface area (Å²) in [5.41, 5.74) is 4.36. The second-order valence-electron chi connectivity index (χ2n) is 5.00. The number of hydrogen-bond acceptors (Lipinski definition) is 3. The van der Waals surface area contributed by atoms with Gasteiger partial charge in [-0.15, -0.1) is 11.3 Å². The summed E-state index contributed by atoms with van der Waals surface area (Å²) in [6, 6.07) is 2.60. The molecule has 1 saturated carbocycles. The summed E-state index contributed by atoms with van der Waals surface area (Å²) in [7, 11) is 0. The van der Waals surface area contributed by atoms with E-state index in [9.17, 15) is 0 Å². The van der Waals surface area contributed by atoms with Gasteiger partial charge >= 0.3 is 0 Å². The molecule has 3 N–H and O–H groups in total. The van der Waals surface area contributed by atoms with Crippen LogP contribution in [0.15, 0.2) is 9.85 Å². The molecule has 1 aliphatic rings. The lowest BCUT2D eigenvalue weighted by atomic mass is 9.91. The van der Waals surface area contributed by atoms with E-state index in [2.05, 4.69) is 34.3 Å². The van der Waals surface area contributed by atoms with E-state index in [1.165, 1.54) is 52.8 Å². The maximum Gasteiger partial charge on any atom is 0.0731 e. The molecule has 17 heavy (non-hydrogen) atoms. The lowest BCUT2D eigenvalue weighted by molar-refractivity contribution is 0.333. The Labute approximate surface area is 116 Å². The van der Waals surface area contributed by atoms with Crippen LogP contribution in [0.25, 0.3) is 0 Å². The molecule has 1 atom stereocenters. The molecule has 4 heteroatoms. The van der Waals surface area contributed by atoms with E-state index in [4.69, 9.17) is 5.84 Å². The molecule has 0 amide bonds. The van der Waals surface area contributed by atoms with Crippen LogP contribution in [-0.2, 0) is 0 Å². The molecule has 0 aromatic carbocycles. The Morgan fingerprint density at radius 1 is 1.35 bits per heavy atom. The van der Waals surface area contributed by atoms with Gasteiger partial charge in [-0.3, -0.25) is 11.3 Å². The molecule has 1 unspecified atom stereocenters. The topological polar surface area (TPSA) is 38.0 Å². The molecule has 1 aliphatic carbocycles. The number of thiophene rings is 1. The second kappa shape index (κ2) is 6.32. The fourth-order valence-electron chi connectivity index (χ4n) is 2.73. The highest BCUT2D eigenvalue weighted by atomic mass is 79.9. The molecule has 1 aromatic heterocycles. The number of nitrogens with one attached hydrogen (secondary N) is 1. The van der Waals surface area contributed by atoms with Gasteiger partial charge in [-0.1, -0.05) is 25.7 Å². The molecule has 0 aliphatic heterocycles. The summed E-state index contributed by atoms with van der Waals surface area (Å²) in [6.45, 7) is 2.14. The van der Waals surface area contributed by atoms with Gasteiger partial charge in [-0.2, -0.15) is 0 Å². The zero-order chi connectivity index (χ0) is 12.3. The maximum absolute atomic E-state index is 5.79. The predicted molar refractivity (Wildman–Crippen MR) is 78.0 cm³/mol. The first-order chi connectivity index (χ1) is 8.22. The highest BCUT2D eigenvalue weighted by molar-refractivity contribution is 9.11. The highest BCUT2D eigenvalue weighted by Gasteiger charge is 2.24. The Hall–Kier alpha value is 0.100. The van der Waals surface area contributed by atoms with Crippen LogP contribution in [0.3, 0.4) is 0 Å². The van der Waals surface area contributed by atoms with E-state index in [0.717, 1.165) is 0 Å². The molecule has 0 spiro atoms. The van der Waals surface area contributed by atoms with E-state index in [1.54, 1.807) is 0 Å². The first-order valence-electron chi connectivity index (χ1n) is 6.44. The van der Waals surface area contributed by atoms with Crippen molar-refractivity contribution in [2.75, 3.05) is 0 Å². The number of hydrazine groups is 1. The van der Waals surface area contributed by atoms with Crippen LogP contribution in [0.1, 0.15) is 55.0 Å². The Morgan fingerprint density at radius 3 is 2.47 bits per heavy atom. The van der Waals surface area contributed by atoms with Gasteiger partial charge in [-0.05, 0) is 53.2 Å². The van der Waals surface area contributed by atoms with Crippen LogP contribution < -0.4 is 11.3 Å². The first kappa shape index (κ1) is 13.5. The van der Waals surface area contributed by atoms with E-state index in [-0.39, 0.29) is 0 Å². The van der Waals surface area contributed by atoms with Crippen molar-refractivity contribution in [3.05, 3.63) is 20.3 Å². The minimum Gasteiger partial charge on any atom is -0.271 e. The molecule has 2 nitrogen and oxygen atoms in total. The molecule has 1 aromatic rings. The van der Waals surface area contributed by atoms with Crippen molar-refractivity contribution in [1.82, 2.24) is 5.43 Å². The molecule has 96 valence electrons. The number of aryl methyl sites for hydroxylation is 1. The standard InChI is InChI=1S/C13H21BrN2S/c1-9-8-11(17-13(9)14)12(16-15)10-6-4-2-3-5-7-10/h8,10,12,16H,2-7,15H2,1H3. The average molecular weight is 317 g/mol. The summed E-state index contributed by atoms with van der Waals surface area (Å²) in [5, 5.41) is 0. The van der Waals surface area contributed by atoms with Gasteiger partial charge < -0.3 is 0 Å². The van der Waals surface area contributed by atoms with E-state index < -0.39 is 0 Å². The summed E-state index contributed by atoms with van der Waals surface area (Å²) in [4.78, 5) is 1.38. The Balaban J connectivity index is 2.13. The number of hydrogen-bond donors (Lipinski definition) is 2. The van der Waals surface area contributed by atoms with Gasteiger partial charge in [0.05, 0.1) is 9.83 Å². The van der Waals surface area contributed by atoms with Crippen LogP contribution in [0.4, 0.5) is 0 Å². The van der Waals surface area contributed by atoms with Crippen LogP contribution in [-0.4, -0.2) is 0 Å². The van der Waals surface area contributed by atoms with Crippen LogP contribution in [0.5, 0.6) is 0 Å². The van der Waals surface area contributed by atoms with Crippen LogP contribution in [0, 0.1) is 12.8 Å². The van der Waals surface area contributed by atoms with Crippen LogP contribution >= 0.6 is 27.3 Å². The average Bonchev–Trinajstić information content (AvgIpc) is 2.56. The number of halogens is 1. The molecule has 1 heterocycles. The van der Waals surface area contributed by atoms with Gasteiger partial charge in [0.2, 0.25) is 0 Å². The zero-order valence-corrected chi connectivity index (χ0v) is 12.7. The van der Waals surface area contributed by atoms with Crippen LogP contribution in [0.2, 0.25) is 0 Å². The molecular formula is C13H21BrN2S. The lowest BCUT2D eigenvalue weighted by Gasteiger charge is -2.24. The van der Waals surface area contributed by atoms with Gasteiger partial charge in [0, 0.05) is 4.88 Å². The van der Waals surface area contributed by atoms with Crippen molar-refractivity contribution < 1.29 is 0 Å². The van der Waals surface area contributed by atoms with Gasteiger partial charge in [-0.25, -0.2) is 0 Å². The minimum absolute atomic E-state index is 0.336. The number of nitrogens with two attached hydrogens (primary N) is 1. The van der Waals surface area contributed by atoms with E-state index in [0.29, 0.717) is 12.0 Å². The van der Waals surface area contributed by atoms with Gasteiger partial charge in [0.25, 0.3) is 0 Å². The quantitative estimate of drug-likeness (QED) is 0.496. The third-order valence-corrected chi connectivity index (χ3v) is 5.95.